The molecule has 0 radical (unpaired) electrons. The number of aromatic nitrogens is 2. The molecule has 4 nitrogen and oxygen atoms in total. The lowest BCUT2D eigenvalue weighted by molar-refractivity contribution is 0.210. The van der Waals surface area contributed by atoms with E-state index < -0.39 is 0 Å². The van der Waals surface area contributed by atoms with E-state index in [4.69, 9.17) is 26.3 Å². The predicted octanol–water partition coefficient (Wildman–Crippen LogP) is 5.67. The van der Waals surface area contributed by atoms with Gasteiger partial charge in [-0.1, -0.05) is 54.1 Å². The van der Waals surface area contributed by atoms with Gasteiger partial charge in [0.2, 0.25) is 0 Å². The third-order valence-electron chi connectivity index (χ3n) is 4.47. The number of nitrogens with zero attached hydrogens (tertiary/aromatic N) is 2. The fraction of sp³-hybridized carbons (Fsp3) is 0.130. The summed E-state index contributed by atoms with van der Waals surface area (Å²) >= 11 is 5.96. The van der Waals surface area contributed by atoms with Crippen molar-refractivity contribution >= 4 is 51.2 Å². The summed E-state index contributed by atoms with van der Waals surface area (Å²) in [6.45, 7) is 1.28. The number of halogens is 1. The second-order valence-electron chi connectivity index (χ2n) is 6.45. The minimum Gasteiger partial charge on any atom is -0.383 e. The summed E-state index contributed by atoms with van der Waals surface area (Å²) in [6.07, 6.45) is 3.90. The van der Waals surface area contributed by atoms with Crippen LogP contribution in [0.1, 0.15) is 11.4 Å². The Hall–Kier alpha value is -2.95. The lowest BCUT2D eigenvalue weighted by atomic mass is 10.1. The number of rotatable bonds is 6. The van der Waals surface area contributed by atoms with Crippen molar-refractivity contribution in [2.75, 3.05) is 25.6 Å². The van der Waals surface area contributed by atoms with Gasteiger partial charge in [0.25, 0.3) is 0 Å². The van der Waals surface area contributed by atoms with Crippen LogP contribution in [0, 0.1) is 0 Å². The number of ether oxygens (including phenoxy) is 1. The Kier molecular flexibility index (Phi) is 5.51. The van der Waals surface area contributed by atoms with Crippen molar-refractivity contribution < 1.29 is 4.74 Å². The average Bonchev–Trinajstić information content (AvgIpc) is 2.72. The zero-order valence-corrected chi connectivity index (χ0v) is 16.3. The van der Waals surface area contributed by atoms with Crippen LogP contribution in [0.25, 0.3) is 33.8 Å². The minimum atomic E-state index is 0.606. The third kappa shape index (κ3) is 4.14. The molecule has 28 heavy (non-hydrogen) atoms. The predicted molar refractivity (Wildman–Crippen MR) is 118 cm³/mol. The maximum Gasteiger partial charge on any atom is 0.154 e. The van der Waals surface area contributed by atoms with Gasteiger partial charge in [-0.05, 0) is 46.7 Å². The SMILES string of the molecule is COCCNc1nc(/C=C/c2ccc(Cl)cc2)nc2cc3ccccc3cc12. The smallest absolute Gasteiger partial charge is 0.154 e. The molecule has 0 aliphatic rings. The van der Waals surface area contributed by atoms with Crippen LogP contribution in [0.5, 0.6) is 0 Å². The molecule has 0 spiro atoms. The van der Waals surface area contributed by atoms with Crippen molar-refractivity contribution in [3.63, 3.8) is 0 Å². The number of hydrogen-bond donors (Lipinski definition) is 1. The molecule has 0 fully saturated rings. The van der Waals surface area contributed by atoms with Gasteiger partial charge in [0.1, 0.15) is 5.82 Å². The number of fused-ring (bicyclic) bond motifs is 2. The molecule has 4 rings (SSSR count). The van der Waals surface area contributed by atoms with Crippen molar-refractivity contribution in [1.82, 2.24) is 9.97 Å². The molecule has 1 heterocycles. The van der Waals surface area contributed by atoms with Gasteiger partial charge >= 0.3 is 0 Å². The molecule has 0 unspecified atom stereocenters. The summed E-state index contributed by atoms with van der Waals surface area (Å²) in [5, 5.41) is 7.41. The molecule has 0 bridgehead atoms. The molecule has 0 saturated carbocycles. The van der Waals surface area contributed by atoms with Crippen molar-refractivity contribution in [3.05, 3.63) is 77.1 Å². The number of benzene rings is 3. The van der Waals surface area contributed by atoms with Gasteiger partial charge in [-0.15, -0.1) is 0 Å². The van der Waals surface area contributed by atoms with Crippen LogP contribution in [0.4, 0.5) is 5.82 Å². The molecule has 4 aromatic rings. The highest BCUT2D eigenvalue weighted by Crippen LogP contribution is 2.27. The highest BCUT2D eigenvalue weighted by Gasteiger charge is 2.08. The van der Waals surface area contributed by atoms with Crippen LogP contribution in [0.3, 0.4) is 0 Å². The zero-order valence-electron chi connectivity index (χ0n) is 15.5. The van der Waals surface area contributed by atoms with E-state index in [1.54, 1.807) is 7.11 Å². The first-order valence-corrected chi connectivity index (χ1v) is 9.48. The van der Waals surface area contributed by atoms with Crippen LogP contribution in [0.15, 0.2) is 60.7 Å². The van der Waals surface area contributed by atoms with Crippen molar-refractivity contribution in [2.24, 2.45) is 0 Å². The standard InChI is InChI=1S/C23H20ClN3O/c1-28-13-12-25-23-20-14-17-4-2-3-5-18(17)15-21(20)26-22(27-23)11-8-16-6-9-19(24)10-7-16/h2-11,14-15H,12-13H2,1H3,(H,25,26,27)/b11-8+. The Bertz CT molecular complexity index is 1140. The van der Waals surface area contributed by atoms with Gasteiger partial charge < -0.3 is 10.1 Å². The molecule has 1 N–H and O–H groups in total. The van der Waals surface area contributed by atoms with E-state index in [9.17, 15) is 0 Å². The maximum atomic E-state index is 5.96. The number of anilines is 1. The van der Waals surface area contributed by atoms with Crippen molar-refractivity contribution in [2.45, 2.75) is 0 Å². The van der Waals surface area contributed by atoms with E-state index in [0.717, 1.165) is 38.1 Å². The van der Waals surface area contributed by atoms with Gasteiger partial charge in [0, 0.05) is 24.1 Å². The average molecular weight is 390 g/mol. The molecule has 0 aliphatic carbocycles. The van der Waals surface area contributed by atoms with Gasteiger partial charge in [0.05, 0.1) is 12.1 Å². The highest BCUT2D eigenvalue weighted by atomic mass is 35.5. The van der Waals surface area contributed by atoms with E-state index in [2.05, 4.69) is 29.6 Å². The van der Waals surface area contributed by atoms with Gasteiger partial charge in [-0.2, -0.15) is 0 Å². The fourth-order valence-electron chi connectivity index (χ4n) is 3.06. The van der Waals surface area contributed by atoms with E-state index in [1.165, 1.54) is 0 Å². The van der Waals surface area contributed by atoms with Crippen molar-refractivity contribution in [3.8, 4) is 0 Å². The number of nitrogens with one attached hydrogen (secondary N) is 1. The topological polar surface area (TPSA) is 47.0 Å². The molecule has 1 aromatic heterocycles. The molecule has 0 atom stereocenters. The number of hydrogen-bond acceptors (Lipinski definition) is 4. The fourth-order valence-corrected chi connectivity index (χ4v) is 3.19. The van der Waals surface area contributed by atoms with Crippen LogP contribution < -0.4 is 5.32 Å². The Balaban J connectivity index is 1.77. The monoisotopic (exact) mass is 389 g/mol. The third-order valence-corrected chi connectivity index (χ3v) is 4.73. The first-order valence-electron chi connectivity index (χ1n) is 9.10. The van der Waals surface area contributed by atoms with E-state index in [0.29, 0.717) is 19.0 Å². The normalized spacial score (nSPS) is 11.5. The van der Waals surface area contributed by atoms with E-state index in [-0.39, 0.29) is 0 Å². The molecule has 5 heteroatoms. The molecule has 3 aromatic carbocycles. The Labute approximate surface area is 168 Å². The van der Waals surface area contributed by atoms with Gasteiger partial charge in [-0.25, -0.2) is 9.97 Å². The summed E-state index contributed by atoms with van der Waals surface area (Å²) in [6, 6.07) is 20.2. The van der Waals surface area contributed by atoms with Crippen LogP contribution in [-0.4, -0.2) is 30.2 Å². The molecular weight excluding hydrogens is 370 g/mol. The Morgan fingerprint density at radius 1 is 0.964 bits per heavy atom. The number of methoxy groups -OCH3 is 1. The Morgan fingerprint density at radius 2 is 1.71 bits per heavy atom. The quantitative estimate of drug-likeness (QED) is 0.341. The van der Waals surface area contributed by atoms with Crippen molar-refractivity contribution in [1.29, 1.82) is 0 Å². The lowest BCUT2D eigenvalue weighted by Gasteiger charge is -2.10. The minimum absolute atomic E-state index is 0.606. The van der Waals surface area contributed by atoms with E-state index in [1.807, 2.05) is 48.6 Å². The lowest BCUT2D eigenvalue weighted by Crippen LogP contribution is -2.10. The van der Waals surface area contributed by atoms with Gasteiger partial charge in [-0.3, -0.25) is 0 Å². The highest BCUT2D eigenvalue weighted by molar-refractivity contribution is 6.30. The molecule has 140 valence electrons. The van der Waals surface area contributed by atoms with Gasteiger partial charge in [0.15, 0.2) is 5.82 Å². The van der Waals surface area contributed by atoms with Crippen LogP contribution in [0.2, 0.25) is 5.02 Å². The van der Waals surface area contributed by atoms with Crippen LogP contribution in [-0.2, 0) is 4.74 Å². The molecule has 0 aliphatic heterocycles. The van der Waals surface area contributed by atoms with Crippen LogP contribution >= 0.6 is 11.6 Å². The first kappa shape index (κ1) is 18.4. The molecule has 0 saturated heterocycles. The van der Waals surface area contributed by atoms with E-state index >= 15 is 0 Å². The molecular formula is C23H20ClN3O. The summed E-state index contributed by atoms with van der Waals surface area (Å²) in [4.78, 5) is 9.47. The maximum absolute atomic E-state index is 5.96. The summed E-state index contributed by atoms with van der Waals surface area (Å²) in [7, 11) is 1.69. The largest absolute Gasteiger partial charge is 0.383 e. The second kappa shape index (κ2) is 8.38. The summed E-state index contributed by atoms with van der Waals surface area (Å²) < 4.78 is 5.16. The summed E-state index contributed by atoms with van der Waals surface area (Å²) in [5.74, 6) is 1.46. The molecule has 0 amide bonds. The first-order chi connectivity index (χ1) is 13.7. The summed E-state index contributed by atoms with van der Waals surface area (Å²) in [5.41, 5.74) is 1.95. The second-order valence-corrected chi connectivity index (χ2v) is 6.89. The Morgan fingerprint density at radius 3 is 2.46 bits per heavy atom. The zero-order chi connectivity index (χ0) is 19.3.